The lowest BCUT2D eigenvalue weighted by Gasteiger charge is -2.32. The Hall–Kier alpha value is -2.33. The van der Waals surface area contributed by atoms with Crippen molar-refractivity contribution < 1.29 is 9.53 Å². The summed E-state index contributed by atoms with van der Waals surface area (Å²) in [4.78, 5) is 12.3. The lowest BCUT2D eigenvalue weighted by atomic mass is 9.88. The number of nitrogens with one attached hydrogen (secondary N) is 2. The Balaban J connectivity index is 1.38. The Morgan fingerprint density at radius 2 is 1.63 bits per heavy atom. The maximum absolute atomic E-state index is 12.3. The summed E-state index contributed by atoms with van der Waals surface area (Å²) in [5.74, 6) is 1.09. The van der Waals surface area contributed by atoms with Gasteiger partial charge in [0, 0.05) is 18.0 Å². The molecule has 144 valence electrons. The first-order valence-electron chi connectivity index (χ1n) is 9.89. The quantitative estimate of drug-likeness (QED) is 0.737. The average Bonchev–Trinajstić information content (AvgIpc) is 2.66. The van der Waals surface area contributed by atoms with Crippen LogP contribution in [0.25, 0.3) is 0 Å². The number of hydrogen-bond donors (Lipinski definition) is 2. The molecular formula is C23H30N2O2. The second-order valence-electron chi connectivity index (χ2n) is 7.58. The van der Waals surface area contributed by atoms with Gasteiger partial charge in [0.2, 0.25) is 5.91 Å². The van der Waals surface area contributed by atoms with Crippen LogP contribution in [0.1, 0.15) is 37.8 Å². The van der Waals surface area contributed by atoms with Crippen LogP contribution in [0.3, 0.4) is 0 Å². The zero-order valence-corrected chi connectivity index (χ0v) is 16.3. The Morgan fingerprint density at radius 1 is 1.00 bits per heavy atom. The maximum atomic E-state index is 12.3. The molecule has 2 N–H and O–H groups in total. The molecule has 0 aliphatic carbocycles. The minimum absolute atomic E-state index is 0.105. The van der Waals surface area contributed by atoms with Crippen molar-refractivity contribution in [2.75, 3.05) is 13.2 Å². The minimum atomic E-state index is 0.105. The maximum Gasteiger partial charge on any atom is 0.223 e. The van der Waals surface area contributed by atoms with Gasteiger partial charge in [0.05, 0.1) is 6.54 Å². The van der Waals surface area contributed by atoms with Gasteiger partial charge in [-0.1, -0.05) is 42.5 Å². The van der Waals surface area contributed by atoms with E-state index in [1.54, 1.807) is 0 Å². The zero-order valence-electron chi connectivity index (χ0n) is 16.3. The van der Waals surface area contributed by atoms with Crippen molar-refractivity contribution in [1.29, 1.82) is 0 Å². The number of benzene rings is 2. The zero-order chi connectivity index (χ0) is 19.1. The van der Waals surface area contributed by atoms with Crippen molar-refractivity contribution in [3.05, 3.63) is 65.7 Å². The molecule has 1 saturated heterocycles. The summed E-state index contributed by atoms with van der Waals surface area (Å²) < 4.78 is 5.76. The summed E-state index contributed by atoms with van der Waals surface area (Å²) in [6.07, 6.45) is 2.73. The minimum Gasteiger partial charge on any atom is -0.492 e. The molecule has 1 aliphatic rings. The second-order valence-corrected chi connectivity index (χ2v) is 7.58. The van der Waals surface area contributed by atoms with E-state index in [0.29, 0.717) is 25.2 Å². The number of carbonyl (C=O) groups excluding carboxylic acids is 1. The smallest absolute Gasteiger partial charge is 0.223 e. The summed E-state index contributed by atoms with van der Waals surface area (Å²) in [5, 5.41) is 6.48. The van der Waals surface area contributed by atoms with E-state index in [2.05, 4.69) is 60.9 Å². The lowest BCUT2D eigenvalue weighted by Crippen LogP contribution is -2.47. The molecule has 0 saturated carbocycles. The van der Waals surface area contributed by atoms with Crippen molar-refractivity contribution in [2.45, 2.75) is 45.2 Å². The fourth-order valence-electron chi connectivity index (χ4n) is 3.81. The van der Waals surface area contributed by atoms with Gasteiger partial charge in [-0.2, -0.15) is 0 Å². The van der Waals surface area contributed by atoms with E-state index in [0.717, 1.165) is 25.0 Å². The van der Waals surface area contributed by atoms with Crippen molar-refractivity contribution in [1.82, 2.24) is 10.6 Å². The Morgan fingerprint density at radius 3 is 2.30 bits per heavy atom. The van der Waals surface area contributed by atoms with Gasteiger partial charge in [0.1, 0.15) is 12.4 Å². The first-order valence-corrected chi connectivity index (χ1v) is 9.89. The molecule has 2 atom stereocenters. The van der Waals surface area contributed by atoms with Gasteiger partial charge in [-0.15, -0.1) is 0 Å². The van der Waals surface area contributed by atoms with Gasteiger partial charge >= 0.3 is 0 Å². The van der Waals surface area contributed by atoms with Crippen molar-refractivity contribution in [2.24, 2.45) is 5.92 Å². The highest BCUT2D eigenvalue weighted by Crippen LogP contribution is 2.20. The van der Waals surface area contributed by atoms with Gasteiger partial charge in [0.15, 0.2) is 0 Å². The predicted octanol–water partition coefficient (Wildman–Crippen LogP) is 3.55. The van der Waals surface area contributed by atoms with Crippen LogP contribution in [0.15, 0.2) is 54.6 Å². The fourth-order valence-corrected chi connectivity index (χ4v) is 3.81. The first kappa shape index (κ1) is 19.4. The Bertz CT molecular complexity index is 705. The van der Waals surface area contributed by atoms with E-state index in [4.69, 9.17) is 4.74 Å². The van der Waals surface area contributed by atoms with Crippen molar-refractivity contribution >= 4 is 5.91 Å². The molecule has 0 radical (unpaired) electrons. The summed E-state index contributed by atoms with van der Waals surface area (Å²) in [6.45, 7) is 5.30. The van der Waals surface area contributed by atoms with E-state index < -0.39 is 0 Å². The van der Waals surface area contributed by atoms with Crippen LogP contribution >= 0.6 is 0 Å². The highest BCUT2D eigenvalue weighted by atomic mass is 16.5. The molecule has 2 aromatic rings. The summed E-state index contributed by atoms with van der Waals surface area (Å²) in [5.41, 5.74) is 2.56. The number of carbonyl (C=O) groups is 1. The second kappa shape index (κ2) is 9.56. The van der Waals surface area contributed by atoms with Crippen LogP contribution in [0.2, 0.25) is 0 Å². The fraction of sp³-hybridized carbons (Fsp3) is 0.435. The molecule has 0 aromatic heterocycles. The molecule has 0 unspecified atom stereocenters. The lowest BCUT2D eigenvalue weighted by molar-refractivity contribution is -0.126. The molecule has 0 spiro atoms. The number of ether oxygens (including phenoxy) is 1. The Labute approximate surface area is 162 Å². The van der Waals surface area contributed by atoms with E-state index in [1.807, 2.05) is 18.2 Å². The standard InChI is InChI=1S/C23H30N2O2/c1-17-14-21(15-18(2)25-17)23(26)24-12-13-27-22-10-8-20(9-11-22)16-19-6-4-3-5-7-19/h3-11,17-18,21,25H,12-16H2,1-2H3,(H,24,26)/t17-,18-/m1/s1. The predicted molar refractivity (Wildman–Crippen MR) is 109 cm³/mol. The van der Waals surface area contributed by atoms with Crippen LogP contribution in [0.4, 0.5) is 0 Å². The third-order valence-electron chi connectivity index (χ3n) is 5.06. The summed E-state index contributed by atoms with van der Waals surface area (Å²) >= 11 is 0. The number of amides is 1. The van der Waals surface area contributed by atoms with Crippen LogP contribution in [0, 0.1) is 5.92 Å². The highest BCUT2D eigenvalue weighted by Gasteiger charge is 2.28. The van der Waals surface area contributed by atoms with Crippen LogP contribution < -0.4 is 15.4 Å². The monoisotopic (exact) mass is 366 g/mol. The van der Waals surface area contributed by atoms with Crippen LogP contribution in [0.5, 0.6) is 5.75 Å². The molecule has 1 aliphatic heterocycles. The SMILES string of the molecule is C[C@@H]1CC(C(=O)NCCOc2ccc(Cc3ccccc3)cc2)C[C@@H](C)N1. The summed E-state index contributed by atoms with van der Waals surface area (Å²) in [7, 11) is 0. The number of hydrogen-bond acceptors (Lipinski definition) is 3. The van der Waals surface area contributed by atoms with E-state index in [9.17, 15) is 4.79 Å². The molecule has 1 amide bonds. The topological polar surface area (TPSA) is 50.4 Å². The van der Waals surface area contributed by atoms with Gasteiger partial charge in [0.25, 0.3) is 0 Å². The summed E-state index contributed by atoms with van der Waals surface area (Å²) in [6, 6.07) is 19.4. The molecule has 1 fully saturated rings. The average molecular weight is 367 g/mol. The molecule has 1 heterocycles. The van der Waals surface area contributed by atoms with E-state index in [1.165, 1.54) is 11.1 Å². The van der Waals surface area contributed by atoms with Gasteiger partial charge in [-0.3, -0.25) is 4.79 Å². The van der Waals surface area contributed by atoms with Gasteiger partial charge < -0.3 is 15.4 Å². The van der Waals surface area contributed by atoms with E-state index >= 15 is 0 Å². The highest BCUT2D eigenvalue weighted by molar-refractivity contribution is 5.78. The first-order chi connectivity index (χ1) is 13.1. The normalized spacial score (nSPS) is 22.2. The van der Waals surface area contributed by atoms with Gasteiger partial charge in [-0.25, -0.2) is 0 Å². The molecule has 27 heavy (non-hydrogen) atoms. The molecular weight excluding hydrogens is 336 g/mol. The third kappa shape index (κ3) is 6.10. The third-order valence-corrected chi connectivity index (χ3v) is 5.06. The molecule has 0 bridgehead atoms. The molecule has 3 rings (SSSR count). The largest absolute Gasteiger partial charge is 0.492 e. The molecule has 4 heteroatoms. The van der Waals surface area contributed by atoms with Crippen LogP contribution in [-0.4, -0.2) is 31.1 Å². The molecule has 2 aromatic carbocycles. The van der Waals surface area contributed by atoms with Crippen molar-refractivity contribution in [3.63, 3.8) is 0 Å². The van der Waals surface area contributed by atoms with E-state index in [-0.39, 0.29) is 11.8 Å². The van der Waals surface area contributed by atoms with Crippen molar-refractivity contribution in [3.8, 4) is 5.75 Å². The number of rotatable bonds is 7. The van der Waals surface area contributed by atoms with Crippen LogP contribution in [-0.2, 0) is 11.2 Å². The molecule has 4 nitrogen and oxygen atoms in total. The Kier molecular flexibility index (Phi) is 6.88. The van der Waals surface area contributed by atoms with Gasteiger partial charge in [-0.05, 0) is 56.4 Å². The number of piperidine rings is 1.